The summed E-state index contributed by atoms with van der Waals surface area (Å²) in [5.74, 6) is 0.137. The van der Waals surface area contributed by atoms with Crippen molar-refractivity contribution in [3.05, 3.63) is 72.9 Å². The van der Waals surface area contributed by atoms with E-state index in [1.165, 1.54) is 18.5 Å². The molecule has 2 aromatic heterocycles. The lowest BCUT2D eigenvalue weighted by Crippen LogP contribution is -1.94. The summed E-state index contributed by atoms with van der Waals surface area (Å²) in [5.41, 5.74) is 10.00. The zero-order valence-corrected chi connectivity index (χ0v) is 12.6. The highest BCUT2D eigenvalue weighted by atomic mass is 19.1. The first-order valence-corrected chi connectivity index (χ1v) is 7.44. The third-order valence-electron chi connectivity index (χ3n) is 3.88. The Morgan fingerprint density at radius 3 is 2.62 bits per heavy atom. The molecule has 0 atom stereocenters. The van der Waals surface area contributed by atoms with Gasteiger partial charge >= 0.3 is 0 Å². The maximum atomic E-state index is 13.6. The van der Waals surface area contributed by atoms with Crippen LogP contribution in [0.1, 0.15) is 0 Å². The monoisotopic (exact) mass is 316 g/mol. The number of halogens is 1. The molecular formula is C19H13FN4. The first kappa shape index (κ1) is 14.3. The van der Waals surface area contributed by atoms with Crippen molar-refractivity contribution >= 4 is 16.7 Å². The fourth-order valence-electron chi connectivity index (χ4n) is 2.75. The second-order valence-electron chi connectivity index (χ2n) is 5.40. The molecule has 4 nitrogen and oxygen atoms in total. The van der Waals surface area contributed by atoms with Crippen LogP contribution in [0.5, 0.6) is 0 Å². The third kappa shape index (κ3) is 2.46. The van der Waals surface area contributed by atoms with E-state index in [1.54, 1.807) is 12.3 Å². The summed E-state index contributed by atoms with van der Waals surface area (Å²) < 4.78 is 13.6. The predicted molar refractivity (Wildman–Crippen MR) is 92.6 cm³/mol. The van der Waals surface area contributed by atoms with Crippen LogP contribution in [-0.2, 0) is 0 Å². The minimum Gasteiger partial charge on any atom is -0.383 e. The Balaban J connectivity index is 1.93. The lowest BCUT2D eigenvalue weighted by Gasteiger charge is -2.10. The normalized spacial score (nSPS) is 10.9. The zero-order valence-electron chi connectivity index (χ0n) is 12.6. The van der Waals surface area contributed by atoms with Crippen molar-refractivity contribution in [2.24, 2.45) is 0 Å². The summed E-state index contributed by atoms with van der Waals surface area (Å²) >= 11 is 0. The fraction of sp³-hybridized carbons (Fsp3) is 0. The molecule has 0 saturated heterocycles. The minimum atomic E-state index is -0.291. The molecule has 116 valence electrons. The van der Waals surface area contributed by atoms with Crippen LogP contribution < -0.4 is 5.73 Å². The molecule has 2 aromatic carbocycles. The van der Waals surface area contributed by atoms with Gasteiger partial charge in [0, 0.05) is 22.7 Å². The number of nitrogen functional groups attached to an aromatic ring is 1. The van der Waals surface area contributed by atoms with Crippen molar-refractivity contribution in [2.75, 3.05) is 5.73 Å². The first-order chi connectivity index (χ1) is 11.7. The van der Waals surface area contributed by atoms with Gasteiger partial charge in [-0.2, -0.15) is 0 Å². The largest absolute Gasteiger partial charge is 0.383 e. The van der Waals surface area contributed by atoms with Gasteiger partial charge in [-0.1, -0.05) is 24.3 Å². The maximum Gasteiger partial charge on any atom is 0.134 e. The van der Waals surface area contributed by atoms with Gasteiger partial charge in [0.15, 0.2) is 0 Å². The highest BCUT2D eigenvalue weighted by molar-refractivity contribution is 5.93. The zero-order chi connectivity index (χ0) is 16.5. The molecule has 0 aliphatic heterocycles. The van der Waals surface area contributed by atoms with Gasteiger partial charge in [0.05, 0.1) is 11.2 Å². The number of aromatic nitrogens is 3. The van der Waals surface area contributed by atoms with E-state index in [-0.39, 0.29) is 5.82 Å². The molecule has 0 saturated carbocycles. The molecule has 0 spiro atoms. The van der Waals surface area contributed by atoms with Gasteiger partial charge < -0.3 is 5.73 Å². The van der Waals surface area contributed by atoms with Crippen molar-refractivity contribution in [3.8, 4) is 22.4 Å². The Bertz CT molecular complexity index is 1050. The number of hydrogen-bond acceptors (Lipinski definition) is 4. The number of fused-ring (bicyclic) bond motifs is 1. The van der Waals surface area contributed by atoms with Crippen molar-refractivity contribution in [3.63, 3.8) is 0 Å². The summed E-state index contributed by atoms with van der Waals surface area (Å²) in [6.45, 7) is 0. The Morgan fingerprint density at radius 2 is 1.75 bits per heavy atom. The van der Waals surface area contributed by atoms with Gasteiger partial charge in [0.2, 0.25) is 0 Å². The molecular weight excluding hydrogens is 303 g/mol. The summed E-state index contributed by atoms with van der Waals surface area (Å²) in [5, 5.41) is 0.782. The molecule has 2 heterocycles. The van der Waals surface area contributed by atoms with E-state index < -0.39 is 0 Å². The van der Waals surface area contributed by atoms with E-state index in [0.29, 0.717) is 11.5 Å². The van der Waals surface area contributed by atoms with Gasteiger partial charge in [0.1, 0.15) is 18.0 Å². The predicted octanol–water partition coefficient (Wildman–Crippen LogP) is 4.08. The Morgan fingerprint density at radius 1 is 0.833 bits per heavy atom. The highest BCUT2D eigenvalue weighted by Crippen LogP contribution is 2.32. The highest BCUT2D eigenvalue weighted by Gasteiger charge is 2.11. The summed E-state index contributed by atoms with van der Waals surface area (Å²) in [6, 6.07) is 16.0. The lowest BCUT2D eigenvalue weighted by molar-refractivity contribution is 0.628. The van der Waals surface area contributed by atoms with Crippen LogP contribution in [-0.4, -0.2) is 15.0 Å². The smallest absolute Gasteiger partial charge is 0.134 e. The molecule has 5 heteroatoms. The molecule has 0 radical (unpaired) electrons. The molecule has 4 aromatic rings. The van der Waals surface area contributed by atoms with Crippen LogP contribution in [0.25, 0.3) is 33.3 Å². The molecule has 24 heavy (non-hydrogen) atoms. The van der Waals surface area contributed by atoms with Crippen LogP contribution in [0.2, 0.25) is 0 Å². The van der Waals surface area contributed by atoms with Crippen LogP contribution in [0.3, 0.4) is 0 Å². The average Bonchev–Trinajstić information content (AvgIpc) is 2.62. The quantitative estimate of drug-likeness (QED) is 0.605. The molecule has 4 rings (SSSR count). The Hall–Kier alpha value is -3.34. The SMILES string of the molecule is Nc1ncnc2ccc(-c3cccnc3-c3cccc(F)c3)cc12. The number of anilines is 1. The first-order valence-electron chi connectivity index (χ1n) is 7.44. The van der Waals surface area contributed by atoms with Crippen molar-refractivity contribution in [2.45, 2.75) is 0 Å². The Kier molecular flexibility index (Phi) is 3.39. The molecule has 0 amide bonds. The van der Waals surface area contributed by atoms with Gasteiger partial charge in [-0.15, -0.1) is 0 Å². The fourth-order valence-corrected chi connectivity index (χ4v) is 2.75. The summed E-state index contributed by atoms with van der Waals surface area (Å²) in [4.78, 5) is 12.7. The summed E-state index contributed by atoms with van der Waals surface area (Å²) in [7, 11) is 0. The van der Waals surface area contributed by atoms with Crippen LogP contribution in [0, 0.1) is 5.82 Å². The van der Waals surface area contributed by atoms with Crippen molar-refractivity contribution in [1.82, 2.24) is 15.0 Å². The standard InChI is InChI=1S/C19H13FN4/c20-14-4-1-3-13(9-14)18-15(5-2-8-22-18)12-6-7-17-16(10-12)19(21)24-11-23-17/h1-11H,(H2,21,23,24). The molecule has 2 N–H and O–H groups in total. The van der Waals surface area contributed by atoms with Gasteiger partial charge in [-0.25, -0.2) is 14.4 Å². The minimum absolute atomic E-state index is 0.291. The number of nitrogens with zero attached hydrogens (tertiary/aromatic N) is 3. The van der Waals surface area contributed by atoms with Gasteiger partial charge in [-0.05, 0) is 35.9 Å². The maximum absolute atomic E-state index is 13.6. The number of benzene rings is 2. The van der Waals surface area contributed by atoms with E-state index in [4.69, 9.17) is 5.73 Å². The molecule has 0 unspecified atom stereocenters. The van der Waals surface area contributed by atoms with Crippen molar-refractivity contribution in [1.29, 1.82) is 0 Å². The third-order valence-corrected chi connectivity index (χ3v) is 3.88. The molecule has 0 fully saturated rings. The number of nitrogens with two attached hydrogens (primary N) is 1. The van der Waals surface area contributed by atoms with E-state index >= 15 is 0 Å². The van der Waals surface area contributed by atoms with E-state index in [9.17, 15) is 4.39 Å². The van der Waals surface area contributed by atoms with Gasteiger partial charge in [-0.3, -0.25) is 4.98 Å². The molecule has 0 aliphatic carbocycles. The topological polar surface area (TPSA) is 64.7 Å². The lowest BCUT2D eigenvalue weighted by atomic mass is 9.98. The van der Waals surface area contributed by atoms with E-state index in [1.807, 2.05) is 36.4 Å². The molecule has 0 aliphatic rings. The Labute approximate surface area is 137 Å². The number of hydrogen-bond donors (Lipinski definition) is 1. The van der Waals surface area contributed by atoms with E-state index in [0.717, 1.165) is 27.6 Å². The van der Waals surface area contributed by atoms with E-state index in [2.05, 4.69) is 15.0 Å². The molecule has 0 bridgehead atoms. The van der Waals surface area contributed by atoms with Crippen molar-refractivity contribution < 1.29 is 4.39 Å². The van der Waals surface area contributed by atoms with Crippen LogP contribution in [0.4, 0.5) is 10.2 Å². The number of pyridine rings is 1. The second-order valence-corrected chi connectivity index (χ2v) is 5.40. The van der Waals surface area contributed by atoms with Gasteiger partial charge in [0.25, 0.3) is 0 Å². The second kappa shape index (κ2) is 5.70. The van der Waals surface area contributed by atoms with Crippen LogP contribution >= 0.6 is 0 Å². The summed E-state index contributed by atoms with van der Waals surface area (Å²) in [6.07, 6.45) is 3.14. The average molecular weight is 316 g/mol. The number of rotatable bonds is 2. The van der Waals surface area contributed by atoms with Crippen LogP contribution in [0.15, 0.2) is 67.1 Å².